The summed E-state index contributed by atoms with van der Waals surface area (Å²) in [4.78, 5) is 8.48. The molecule has 112 valence electrons. The Labute approximate surface area is 124 Å². The van der Waals surface area contributed by atoms with Crippen LogP contribution in [0, 0.1) is 18.3 Å². The van der Waals surface area contributed by atoms with E-state index >= 15 is 0 Å². The zero-order valence-corrected chi connectivity index (χ0v) is 12.6. The first-order chi connectivity index (χ1) is 9.91. The van der Waals surface area contributed by atoms with E-state index in [9.17, 15) is 0 Å². The Morgan fingerprint density at radius 2 is 2.38 bits per heavy atom. The minimum Gasteiger partial charge on any atom is -0.383 e. The van der Waals surface area contributed by atoms with E-state index in [0.29, 0.717) is 23.6 Å². The number of nitrogens with zero attached hydrogens (tertiary/aromatic N) is 3. The molecular weight excluding hydrogens is 268 g/mol. The fraction of sp³-hybridized carbons (Fsp3) is 0.533. The molecule has 0 unspecified atom stereocenters. The minimum absolute atomic E-state index is 0.103. The van der Waals surface area contributed by atoms with Gasteiger partial charge in [-0.1, -0.05) is 0 Å². The molecule has 1 aliphatic rings. The van der Waals surface area contributed by atoms with Crippen molar-refractivity contribution in [2.75, 3.05) is 12.3 Å². The van der Waals surface area contributed by atoms with E-state index < -0.39 is 5.79 Å². The molecule has 0 aliphatic carbocycles. The fourth-order valence-corrected chi connectivity index (χ4v) is 2.16. The molecule has 0 radical (unpaired) electrons. The third-order valence-electron chi connectivity index (χ3n) is 3.25. The maximum Gasteiger partial charge on any atom is 0.163 e. The van der Waals surface area contributed by atoms with Crippen molar-refractivity contribution >= 4 is 17.7 Å². The number of nitrogen functional groups attached to an aromatic ring is 1. The average molecular weight is 288 g/mol. The van der Waals surface area contributed by atoms with Crippen LogP contribution in [-0.2, 0) is 9.47 Å². The summed E-state index contributed by atoms with van der Waals surface area (Å²) in [7, 11) is 0. The number of anilines is 1. The molecule has 0 saturated carbocycles. The van der Waals surface area contributed by atoms with Gasteiger partial charge in [-0.15, -0.1) is 0 Å². The third-order valence-corrected chi connectivity index (χ3v) is 3.25. The summed E-state index contributed by atoms with van der Waals surface area (Å²) in [6.07, 6.45) is 3.54. The van der Waals surface area contributed by atoms with Crippen LogP contribution in [0.5, 0.6) is 0 Å². The van der Waals surface area contributed by atoms with Crippen molar-refractivity contribution < 1.29 is 9.47 Å². The van der Waals surface area contributed by atoms with Crippen molar-refractivity contribution in [3.05, 3.63) is 17.3 Å². The molecule has 1 aromatic rings. The maximum absolute atomic E-state index is 8.95. The fourth-order valence-electron chi connectivity index (χ4n) is 2.16. The second-order valence-corrected chi connectivity index (χ2v) is 5.48. The molecule has 2 N–H and O–H groups in total. The Morgan fingerprint density at radius 1 is 1.62 bits per heavy atom. The van der Waals surface area contributed by atoms with Crippen LogP contribution in [0.4, 0.5) is 11.5 Å². The van der Waals surface area contributed by atoms with Gasteiger partial charge in [0.25, 0.3) is 0 Å². The summed E-state index contributed by atoms with van der Waals surface area (Å²) in [5, 5.41) is 8.95. The van der Waals surface area contributed by atoms with Gasteiger partial charge in [-0.2, -0.15) is 5.26 Å². The predicted octanol–water partition coefficient (Wildman–Crippen LogP) is 2.48. The molecule has 1 atom stereocenters. The van der Waals surface area contributed by atoms with E-state index in [0.717, 1.165) is 12.8 Å². The highest BCUT2D eigenvalue weighted by atomic mass is 16.7. The first-order valence-electron chi connectivity index (χ1n) is 6.93. The Kier molecular flexibility index (Phi) is 4.56. The van der Waals surface area contributed by atoms with Crippen LogP contribution in [0.25, 0.3) is 0 Å². The standard InChI is InChI=1S/C15H20N4O2/c1-10-13(7-11(8-16)14(17)19-10)18-6-4-5-12-9-20-15(2,3)21-12/h6-7,12H,4-5,9H2,1-3H3,(H2,17,19)/b18-6-/t12-/m0/s1. The predicted molar refractivity (Wildman–Crippen MR) is 80.4 cm³/mol. The second kappa shape index (κ2) is 6.20. The lowest BCUT2D eigenvalue weighted by molar-refractivity contribution is -0.138. The zero-order chi connectivity index (χ0) is 15.5. The summed E-state index contributed by atoms with van der Waals surface area (Å²) < 4.78 is 11.2. The summed E-state index contributed by atoms with van der Waals surface area (Å²) in [5.41, 5.74) is 7.38. The molecule has 2 rings (SSSR count). The van der Waals surface area contributed by atoms with Crippen LogP contribution in [0.3, 0.4) is 0 Å². The number of nitrogens with two attached hydrogens (primary N) is 1. The van der Waals surface area contributed by atoms with Crippen LogP contribution in [0.1, 0.15) is 37.9 Å². The summed E-state index contributed by atoms with van der Waals surface area (Å²) >= 11 is 0. The van der Waals surface area contributed by atoms with Gasteiger partial charge in [0.05, 0.1) is 29.7 Å². The number of aliphatic imine (C=N–C) groups is 1. The van der Waals surface area contributed by atoms with E-state index in [1.54, 1.807) is 6.07 Å². The number of aromatic nitrogens is 1. The van der Waals surface area contributed by atoms with Crippen molar-refractivity contribution in [1.29, 1.82) is 5.26 Å². The molecule has 1 fully saturated rings. The molecule has 0 spiro atoms. The van der Waals surface area contributed by atoms with Crippen molar-refractivity contribution in [1.82, 2.24) is 4.98 Å². The van der Waals surface area contributed by atoms with Gasteiger partial charge in [-0.25, -0.2) is 4.98 Å². The smallest absolute Gasteiger partial charge is 0.163 e. The Hall–Kier alpha value is -1.97. The van der Waals surface area contributed by atoms with E-state index in [4.69, 9.17) is 20.5 Å². The van der Waals surface area contributed by atoms with Crippen molar-refractivity contribution in [2.45, 2.75) is 45.5 Å². The molecule has 0 amide bonds. The lowest BCUT2D eigenvalue weighted by Gasteiger charge is -2.16. The lowest BCUT2D eigenvalue weighted by Crippen LogP contribution is -2.21. The molecule has 1 saturated heterocycles. The molecule has 6 nitrogen and oxygen atoms in total. The van der Waals surface area contributed by atoms with Gasteiger partial charge < -0.3 is 15.2 Å². The van der Waals surface area contributed by atoms with Gasteiger partial charge >= 0.3 is 0 Å². The minimum atomic E-state index is -0.485. The highest BCUT2D eigenvalue weighted by Crippen LogP contribution is 2.25. The van der Waals surface area contributed by atoms with Crippen LogP contribution < -0.4 is 5.73 Å². The summed E-state index contributed by atoms with van der Waals surface area (Å²) in [6.45, 7) is 6.25. The van der Waals surface area contributed by atoms with Crippen LogP contribution in [0.2, 0.25) is 0 Å². The second-order valence-electron chi connectivity index (χ2n) is 5.48. The van der Waals surface area contributed by atoms with Crippen LogP contribution in [-0.4, -0.2) is 29.7 Å². The normalized spacial score (nSPS) is 20.8. The monoisotopic (exact) mass is 288 g/mol. The topological polar surface area (TPSA) is 93.5 Å². The molecule has 1 aliphatic heterocycles. The molecule has 2 heterocycles. The third kappa shape index (κ3) is 4.00. The van der Waals surface area contributed by atoms with Gasteiger partial charge in [-0.3, -0.25) is 4.99 Å². The lowest BCUT2D eigenvalue weighted by atomic mass is 10.2. The van der Waals surface area contributed by atoms with Crippen LogP contribution >= 0.6 is 0 Å². The quantitative estimate of drug-likeness (QED) is 0.859. The number of ether oxygens (including phenoxy) is 2. The highest BCUT2D eigenvalue weighted by molar-refractivity contribution is 5.66. The number of hydrogen-bond donors (Lipinski definition) is 1. The van der Waals surface area contributed by atoms with Crippen LogP contribution in [0.15, 0.2) is 11.1 Å². The zero-order valence-electron chi connectivity index (χ0n) is 12.6. The van der Waals surface area contributed by atoms with Gasteiger partial charge in [-0.05, 0) is 39.7 Å². The number of nitriles is 1. The molecule has 1 aromatic heterocycles. The largest absolute Gasteiger partial charge is 0.383 e. The Morgan fingerprint density at radius 3 is 3.00 bits per heavy atom. The van der Waals surface area contributed by atoms with Gasteiger partial charge in [0.1, 0.15) is 11.9 Å². The first-order valence-corrected chi connectivity index (χ1v) is 6.93. The SMILES string of the molecule is Cc1nc(N)c(C#N)cc1/N=C\CC[C@H]1COC(C)(C)O1. The van der Waals surface area contributed by atoms with E-state index in [1.165, 1.54) is 0 Å². The van der Waals surface area contributed by atoms with Crippen molar-refractivity contribution in [3.63, 3.8) is 0 Å². The Bertz CT molecular complexity index is 590. The van der Waals surface area contributed by atoms with Gasteiger partial charge in [0, 0.05) is 6.21 Å². The average Bonchev–Trinajstić information content (AvgIpc) is 2.76. The maximum atomic E-state index is 8.95. The summed E-state index contributed by atoms with van der Waals surface area (Å²) in [5.74, 6) is -0.242. The highest BCUT2D eigenvalue weighted by Gasteiger charge is 2.31. The van der Waals surface area contributed by atoms with Gasteiger partial charge in [0.15, 0.2) is 5.79 Å². The van der Waals surface area contributed by atoms with Gasteiger partial charge in [0.2, 0.25) is 0 Å². The van der Waals surface area contributed by atoms with Crippen molar-refractivity contribution in [2.24, 2.45) is 4.99 Å². The molecule has 0 aromatic carbocycles. The van der Waals surface area contributed by atoms with Crippen molar-refractivity contribution in [3.8, 4) is 6.07 Å². The number of rotatable bonds is 4. The number of hydrogen-bond acceptors (Lipinski definition) is 6. The summed E-state index contributed by atoms with van der Waals surface area (Å²) in [6, 6.07) is 3.67. The van der Waals surface area contributed by atoms with E-state index in [-0.39, 0.29) is 11.9 Å². The number of pyridine rings is 1. The number of aryl methyl sites for hydroxylation is 1. The molecular formula is C15H20N4O2. The van der Waals surface area contributed by atoms with E-state index in [1.807, 2.05) is 33.1 Å². The molecule has 6 heteroatoms. The molecule has 21 heavy (non-hydrogen) atoms. The Balaban J connectivity index is 1.92. The molecule has 0 bridgehead atoms. The van der Waals surface area contributed by atoms with E-state index in [2.05, 4.69) is 9.98 Å². The first kappa shape index (κ1) is 15.4.